The molecule has 6 N–H and O–H groups in total. The van der Waals surface area contributed by atoms with Crippen LogP contribution in [0.25, 0.3) is 0 Å². The third kappa shape index (κ3) is 12.6. The number of aromatic hydroxyl groups is 2. The molecule has 1 amide bonds. The molecule has 0 aliphatic carbocycles. The summed E-state index contributed by atoms with van der Waals surface area (Å²) in [6.07, 6.45) is 6.75. The van der Waals surface area contributed by atoms with Gasteiger partial charge in [-0.2, -0.15) is 0 Å². The molecule has 0 radical (unpaired) electrons. The lowest BCUT2D eigenvalue weighted by atomic mass is 9.93. The third-order valence-electron chi connectivity index (χ3n) is 8.29. The number of hydrogen-bond donors (Lipinski definition) is 5. The first-order valence-corrected chi connectivity index (χ1v) is 16.2. The number of amides is 1. The number of phenolic OH excluding ortho intramolecular Hbond substituents is 2. The van der Waals surface area contributed by atoms with Crippen LogP contribution in [0.15, 0.2) is 84.9 Å². The maximum absolute atomic E-state index is 10.5. The number of anilines is 2. The number of phenols is 2. The van der Waals surface area contributed by atoms with E-state index in [0.717, 1.165) is 61.2 Å². The number of benzene rings is 4. The fraction of sp³-hybridized carbons (Fsp3) is 0.359. The summed E-state index contributed by atoms with van der Waals surface area (Å²) < 4.78 is 10.3. The molecule has 4 rings (SSSR count). The number of nitrogens with two attached hydrogens (primary N) is 1. The van der Waals surface area contributed by atoms with Crippen LogP contribution in [0.2, 0.25) is 0 Å². The Morgan fingerprint density at radius 1 is 0.723 bits per heavy atom. The van der Waals surface area contributed by atoms with Crippen molar-refractivity contribution < 1.29 is 29.6 Å². The molecule has 3 atom stereocenters. The summed E-state index contributed by atoms with van der Waals surface area (Å²) in [5, 5.41) is 31.9. The Kier molecular flexibility index (Phi) is 14.9. The average molecular weight is 643 g/mol. The van der Waals surface area contributed by atoms with Crippen LogP contribution in [0.5, 0.6) is 23.0 Å². The van der Waals surface area contributed by atoms with Crippen LogP contribution < -0.4 is 20.5 Å². The SMILES string of the molecule is COc1ccc(C[C@@H](C)CCCc2ccc(O)c(NC=O)c2)cc1.COc1ccc(C[C@@H](C)CC[C@H](O)c2ccc(O)c(N)c2)cc1. The van der Waals surface area contributed by atoms with E-state index in [2.05, 4.69) is 43.4 Å². The first-order valence-electron chi connectivity index (χ1n) is 16.2. The second-order valence-electron chi connectivity index (χ2n) is 12.2. The molecule has 4 aromatic rings. The lowest BCUT2D eigenvalue weighted by Gasteiger charge is -2.16. The zero-order valence-corrected chi connectivity index (χ0v) is 28.0. The van der Waals surface area contributed by atoms with E-state index >= 15 is 0 Å². The first-order chi connectivity index (χ1) is 22.6. The smallest absolute Gasteiger partial charge is 0.211 e. The van der Waals surface area contributed by atoms with Gasteiger partial charge in [0.1, 0.15) is 23.0 Å². The average Bonchev–Trinajstić information content (AvgIpc) is 3.07. The van der Waals surface area contributed by atoms with Gasteiger partial charge in [-0.25, -0.2) is 0 Å². The van der Waals surface area contributed by atoms with Crippen molar-refractivity contribution in [3.05, 3.63) is 107 Å². The normalized spacial score (nSPS) is 12.6. The molecule has 47 heavy (non-hydrogen) atoms. The number of ether oxygens (including phenoxy) is 2. The summed E-state index contributed by atoms with van der Waals surface area (Å²) in [7, 11) is 3.34. The number of methoxy groups -OCH3 is 2. The van der Waals surface area contributed by atoms with E-state index in [1.165, 1.54) is 17.2 Å². The Hall–Kier alpha value is -4.69. The molecule has 4 aromatic carbocycles. The van der Waals surface area contributed by atoms with Gasteiger partial charge in [-0.3, -0.25) is 4.79 Å². The highest BCUT2D eigenvalue weighted by Crippen LogP contribution is 2.28. The molecule has 0 saturated heterocycles. The Bertz CT molecular complexity index is 1510. The highest BCUT2D eigenvalue weighted by molar-refractivity contribution is 5.75. The number of carbonyl (C=O) groups excluding carboxylic acids is 1. The van der Waals surface area contributed by atoms with Gasteiger partial charge >= 0.3 is 0 Å². The highest BCUT2D eigenvalue weighted by Gasteiger charge is 2.13. The van der Waals surface area contributed by atoms with Crippen molar-refractivity contribution in [3.63, 3.8) is 0 Å². The van der Waals surface area contributed by atoms with Gasteiger partial charge < -0.3 is 35.8 Å². The quantitative estimate of drug-likeness (QED) is 0.0477. The van der Waals surface area contributed by atoms with Crippen LogP contribution >= 0.6 is 0 Å². The largest absolute Gasteiger partial charge is 0.506 e. The van der Waals surface area contributed by atoms with E-state index in [4.69, 9.17) is 15.2 Å². The molecule has 0 unspecified atom stereocenters. The summed E-state index contributed by atoms with van der Waals surface area (Å²) in [5.41, 5.74) is 10.9. The van der Waals surface area contributed by atoms with Crippen molar-refractivity contribution in [2.24, 2.45) is 11.8 Å². The molecule has 0 saturated carbocycles. The minimum Gasteiger partial charge on any atom is -0.506 e. The van der Waals surface area contributed by atoms with Gasteiger partial charge in [0.05, 0.1) is 31.7 Å². The summed E-state index contributed by atoms with van der Waals surface area (Å²) in [5.74, 6) is 2.96. The zero-order valence-electron chi connectivity index (χ0n) is 28.0. The van der Waals surface area contributed by atoms with Gasteiger partial charge in [0.2, 0.25) is 6.41 Å². The van der Waals surface area contributed by atoms with Crippen molar-refractivity contribution in [1.29, 1.82) is 0 Å². The zero-order chi connectivity index (χ0) is 34.2. The maximum atomic E-state index is 10.5. The van der Waals surface area contributed by atoms with E-state index in [0.29, 0.717) is 36.0 Å². The van der Waals surface area contributed by atoms with E-state index in [9.17, 15) is 20.1 Å². The Morgan fingerprint density at radius 2 is 1.26 bits per heavy atom. The molecular weight excluding hydrogens is 592 g/mol. The molecule has 8 nitrogen and oxygen atoms in total. The van der Waals surface area contributed by atoms with Gasteiger partial charge in [-0.1, -0.05) is 56.7 Å². The van der Waals surface area contributed by atoms with Crippen LogP contribution in [0.3, 0.4) is 0 Å². The molecule has 0 aliphatic rings. The molecule has 0 aliphatic heterocycles. The second-order valence-corrected chi connectivity index (χ2v) is 12.2. The second kappa shape index (κ2) is 19.1. The number of hydrogen-bond acceptors (Lipinski definition) is 7. The van der Waals surface area contributed by atoms with Crippen LogP contribution in [0.1, 0.15) is 67.9 Å². The molecule has 0 fully saturated rings. The summed E-state index contributed by atoms with van der Waals surface area (Å²) in [6.45, 7) is 4.45. The van der Waals surface area contributed by atoms with E-state index in [1.807, 2.05) is 36.4 Å². The first kappa shape index (κ1) is 36.8. The lowest BCUT2D eigenvalue weighted by Crippen LogP contribution is -2.05. The van der Waals surface area contributed by atoms with Crippen molar-refractivity contribution >= 4 is 17.8 Å². The molecular formula is C39H50N2O6. The number of aliphatic hydroxyl groups is 1. The molecule has 0 bridgehead atoms. The predicted molar refractivity (Wildman–Crippen MR) is 189 cm³/mol. The third-order valence-corrected chi connectivity index (χ3v) is 8.29. The van der Waals surface area contributed by atoms with Crippen molar-refractivity contribution in [2.45, 2.75) is 64.9 Å². The summed E-state index contributed by atoms with van der Waals surface area (Å²) in [6, 6.07) is 26.6. The number of rotatable bonds is 16. The predicted octanol–water partition coefficient (Wildman–Crippen LogP) is 7.85. The number of carbonyl (C=O) groups is 1. The monoisotopic (exact) mass is 642 g/mol. The van der Waals surface area contributed by atoms with Gasteiger partial charge in [-0.15, -0.1) is 0 Å². The van der Waals surface area contributed by atoms with Crippen molar-refractivity contribution in [3.8, 4) is 23.0 Å². The Morgan fingerprint density at radius 3 is 1.79 bits per heavy atom. The van der Waals surface area contributed by atoms with E-state index in [1.54, 1.807) is 32.4 Å². The molecule has 0 heterocycles. The van der Waals surface area contributed by atoms with Gasteiger partial charge in [0, 0.05) is 0 Å². The number of nitrogen functional groups attached to an aromatic ring is 1. The minimum atomic E-state index is -0.559. The number of aliphatic hydroxyl groups excluding tert-OH is 1. The topological polar surface area (TPSA) is 134 Å². The van der Waals surface area contributed by atoms with Crippen LogP contribution in [-0.2, 0) is 24.1 Å². The fourth-order valence-corrected chi connectivity index (χ4v) is 5.49. The summed E-state index contributed by atoms with van der Waals surface area (Å²) >= 11 is 0. The Labute approximate surface area is 279 Å². The minimum absolute atomic E-state index is 0.0498. The Balaban J connectivity index is 0.000000256. The van der Waals surface area contributed by atoms with Gasteiger partial charge in [0.15, 0.2) is 0 Å². The van der Waals surface area contributed by atoms with Crippen LogP contribution in [0, 0.1) is 11.8 Å². The van der Waals surface area contributed by atoms with Crippen molar-refractivity contribution in [1.82, 2.24) is 0 Å². The molecule has 252 valence electrons. The molecule has 0 spiro atoms. The maximum Gasteiger partial charge on any atom is 0.211 e. The number of aryl methyl sites for hydroxylation is 1. The van der Waals surface area contributed by atoms with Crippen LogP contribution in [-0.4, -0.2) is 35.9 Å². The lowest BCUT2D eigenvalue weighted by molar-refractivity contribution is -0.105. The molecule has 8 heteroatoms. The fourth-order valence-electron chi connectivity index (χ4n) is 5.49. The van der Waals surface area contributed by atoms with Gasteiger partial charge in [0.25, 0.3) is 0 Å². The van der Waals surface area contributed by atoms with Crippen LogP contribution in [0.4, 0.5) is 11.4 Å². The van der Waals surface area contributed by atoms with Gasteiger partial charge in [-0.05, 0) is 121 Å². The van der Waals surface area contributed by atoms with E-state index < -0.39 is 6.10 Å². The van der Waals surface area contributed by atoms with E-state index in [-0.39, 0.29) is 11.5 Å². The number of nitrogens with one attached hydrogen (secondary N) is 1. The highest BCUT2D eigenvalue weighted by atomic mass is 16.5. The molecule has 0 aromatic heterocycles. The summed E-state index contributed by atoms with van der Waals surface area (Å²) in [4.78, 5) is 10.5. The van der Waals surface area contributed by atoms with Crippen molar-refractivity contribution in [2.75, 3.05) is 25.3 Å². The standard InChI is InChI=1S/C20H25NO3.C19H25NO3/c1-15(12-17-6-9-18(24-2)10-7-17)4-3-5-16-8-11-20(23)19(13-16)21-14-22;1-13(11-14-4-7-16(23-2)8-5-14)3-9-18(21)15-6-10-19(22)17(20)12-15/h6-11,13-15,23H,3-5,12H2,1-2H3,(H,21,22);4-8,10,12-13,18,21-22H,3,9,11,20H2,1-2H3/t15-;13-,18-/m00/s1.